The number of hydrogen-bond donors (Lipinski definition) is 1. The van der Waals surface area contributed by atoms with Crippen molar-refractivity contribution in [2.45, 2.75) is 20.4 Å². The zero-order valence-corrected chi connectivity index (χ0v) is 11.3. The van der Waals surface area contributed by atoms with Crippen LogP contribution in [0.5, 0.6) is 0 Å². The highest BCUT2D eigenvalue weighted by atomic mass is 35.5. The van der Waals surface area contributed by atoms with Crippen LogP contribution in [0.15, 0.2) is 12.1 Å². The Labute approximate surface area is 106 Å². The van der Waals surface area contributed by atoms with Crippen molar-refractivity contribution in [3.63, 3.8) is 0 Å². The van der Waals surface area contributed by atoms with Crippen molar-refractivity contribution < 1.29 is 12.8 Å². The fourth-order valence-electron chi connectivity index (χ4n) is 1.50. The second-order valence-electron chi connectivity index (χ2n) is 3.87. The molecule has 0 amide bonds. The summed E-state index contributed by atoms with van der Waals surface area (Å²) in [6, 6.07) is 3.26. The van der Waals surface area contributed by atoms with E-state index < -0.39 is 10.0 Å². The minimum absolute atomic E-state index is 0.0524. The number of rotatable bonds is 5. The summed E-state index contributed by atoms with van der Waals surface area (Å²) in [7, 11) is -3.34. The lowest BCUT2D eigenvalue weighted by Crippen LogP contribution is -2.26. The first-order valence-electron chi connectivity index (χ1n) is 5.14. The number of hydrogen-bond acceptors (Lipinski definition) is 2. The molecule has 0 aliphatic carbocycles. The topological polar surface area (TPSA) is 46.2 Å². The molecule has 0 atom stereocenters. The molecule has 0 saturated carbocycles. The van der Waals surface area contributed by atoms with Gasteiger partial charge in [0.1, 0.15) is 5.82 Å². The standard InChI is InChI=1S/C11H15ClFNO2S/c1-8-5-10(6-9(2)11(8)13)7-14-17(15,16)4-3-12/h5-6,14H,3-4,7H2,1-2H3. The zero-order valence-electron chi connectivity index (χ0n) is 9.76. The van der Waals surface area contributed by atoms with Crippen molar-refractivity contribution in [1.29, 1.82) is 0 Å². The van der Waals surface area contributed by atoms with Crippen LogP contribution >= 0.6 is 11.6 Å². The lowest BCUT2D eigenvalue weighted by molar-refractivity contribution is 0.582. The van der Waals surface area contributed by atoms with E-state index in [9.17, 15) is 12.8 Å². The lowest BCUT2D eigenvalue weighted by Gasteiger charge is -2.08. The Bertz CT molecular complexity index is 479. The molecule has 1 aromatic carbocycles. The average Bonchev–Trinajstić information content (AvgIpc) is 2.23. The van der Waals surface area contributed by atoms with E-state index >= 15 is 0 Å². The van der Waals surface area contributed by atoms with Crippen LogP contribution in [0.1, 0.15) is 16.7 Å². The number of benzene rings is 1. The van der Waals surface area contributed by atoms with Crippen molar-refractivity contribution in [1.82, 2.24) is 4.72 Å². The SMILES string of the molecule is Cc1cc(CNS(=O)(=O)CCCl)cc(C)c1F. The van der Waals surface area contributed by atoms with Gasteiger partial charge in [0.05, 0.1) is 5.75 Å². The first-order chi connectivity index (χ1) is 7.85. The molecule has 96 valence electrons. The van der Waals surface area contributed by atoms with Gasteiger partial charge in [0.2, 0.25) is 10.0 Å². The largest absolute Gasteiger partial charge is 0.213 e. The summed E-state index contributed by atoms with van der Waals surface area (Å²) < 4.78 is 38.5. The number of nitrogens with one attached hydrogen (secondary N) is 1. The zero-order chi connectivity index (χ0) is 13.1. The molecule has 1 rings (SSSR count). The normalized spacial score (nSPS) is 11.8. The van der Waals surface area contributed by atoms with Crippen LogP contribution in [-0.2, 0) is 16.6 Å². The molecule has 0 aromatic heterocycles. The predicted octanol–water partition coefficient (Wildman–Crippen LogP) is 2.10. The lowest BCUT2D eigenvalue weighted by atomic mass is 10.1. The maximum Gasteiger partial charge on any atom is 0.213 e. The van der Waals surface area contributed by atoms with Crippen LogP contribution in [-0.4, -0.2) is 20.1 Å². The Morgan fingerprint density at radius 3 is 2.29 bits per heavy atom. The van der Waals surface area contributed by atoms with E-state index in [1.807, 2.05) is 0 Å². The molecule has 0 spiro atoms. The summed E-state index contributed by atoms with van der Waals surface area (Å²) in [6.45, 7) is 3.46. The molecule has 0 saturated heterocycles. The van der Waals surface area contributed by atoms with Gasteiger partial charge in [-0.1, -0.05) is 12.1 Å². The molecule has 0 bridgehead atoms. The third kappa shape index (κ3) is 4.26. The van der Waals surface area contributed by atoms with Gasteiger partial charge in [0, 0.05) is 12.4 Å². The van der Waals surface area contributed by atoms with Gasteiger partial charge in [-0.2, -0.15) is 0 Å². The van der Waals surface area contributed by atoms with E-state index in [0.717, 1.165) is 5.56 Å². The number of alkyl halides is 1. The maximum atomic E-state index is 13.3. The van der Waals surface area contributed by atoms with E-state index in [4.69, 9.17) is 11.6 Å². The molecule has 1 aromatic rings. The van der Waals surface area contributed by atoms with E-state index in [2.05, 4.69) is 4.72 Å². The Kier molecular flexibility index (Phi) is 4.91. The molecule has 17 heavy (non-hydrogen) atoms. The molecule has 3 nitrogen and oxygen atoms in total. The Morgan fingerprint density at radius 1 is 1.29 bits per heavy atom. The van der Waals surface area contributed by atoms with Gasteiger partial charge in [-0.3, -0.25) is 0 Å². The van der Waals surface area contributed by atoms with Crippen LogP contribution in [0.4, 0.5) is 4.39 Å². The third-order valence-electron chi connectivity index (χ3n) is 2.34. The van der Waals surface area contributed by atoms with Crippen LogP contribution in [0, 0.1) is 19.7 Å². The molecule has 0 unspecified atom stereocenters. The second-order valence-corrected chi connectivity index (χ2v) is 6.18. The van der Waals surface area contributed by atoms with Crippen molar-refractivity contribution in [2.75, 3.05) is 11.6 Å². The van der Waals surface area contributed by atoms with Crippen LogP contribution in [0.2, 0.25) is 0 Å². The highest BCUT2D eigenvalue weighted by Gasteiger charge is 2.10. The van der Waals surface area contributed by atoms with Gasteiger partial charge in [-0.15, -0.1) is 11.6 Å². The molecular formula is C11H15ClFNO2S. The van der Waals surface area contributed by atoms with Gasteiger partial charge in [-0.05, 0) is 30.5 Å². The molecule has 0 heterocycles. The number of sulfonamides is 1. The summed E-state index contributed by atoms with van der Waals surface area (Å²) in [4.78, 5) is 0. The quantitative estimate of drug-likeness (QED) is 0.839. The average molecular weight is 280 g/mol. The highest BCUT2D eigenvalue weighted by Crippen LogP contribution is 2.14. The van der Waals surface area contributed by atoms with E-state index in [-0.39, 0.29) is 24.0 Å². The predicted molar refractivity (Wildman–Crippen MR) is 67.2 cm³/mol. The Balaban J connectivity index is 2.77. The molecule has 0 fully saturated rings. The van der Waals surface area contributed by atoms with Crippen molar-refractivity contribution in [3.05, 3.63) is 34.6 Å². The number of aryl methyl sites for hydroxylation is 2. The van der Waals surface area contributed by atoms with Crippen molar-refractivity contribution >= 4 is 21.6 Å². The highest BCUT2D eigenvalue weighted by molar-refractivity contribution is 7.89. The van der Waals surface area contributed by atoms with E-state index in [1.54, 1.807) is 26.0 Å². The number of halogens is 2. The monoisotopic (exact) mass is 279 g/mol. The van der Waals surface area contributed by atoms with Gasteiger partial charge < -0.3 is 0 Å². The Hall–Kier alpha value is -0.650. The molecular weight excluding hydrogens is 265 g/mol. The molecule has 6 heteroatoms. The van der Waals surface area contributed by atoms with Crippen molar-refractivity contribution in [3.8, 4) is 0 Å². The molecule has 1 N–H and O–H groups in total. The molecule has 0 aliphatic rings. The van der Waals surface area contributed by atoms with Gasteiger partial charge in [-0.25, -0.2) is 17.5 Å². The summed E-state index contributed by atoms with van der Waals surface area (Å²) in [5.41, 5.74) is 1.76. The molecule has 0 radical (unpaired) electrons. The summed E-state index contributed by atoms with van der Waals surface area (Å²) >= 11 is 5.37. The fourth-order valence-corrected chi connectivity index (χ4v) is 2.85. The van der Waals surface area contributed by atoms with Crippen LogP contribution in [0.25, 0.3) is 0 Å². The third-order valence-corrected chi connectivity index (χ3v) is 4.08. The summed E-state index contributed by atoms with van der Waals surface area (Å²) in [5.74, 6) is -0.317. The smallest absolute Gasteiger partial charge is 0.212 e. The van der Waals surface area contributed by atoms with Gasteiger partial charge >= 0.3 is 0 Å². The summed E-state index contributed by atoms with van der Waals surface area (Å²) in [6.07, 6.45) is 0. The van der Waals surface area contributed by atoms with Crippen LogP contribution in [0.3, 0.4) is 0 Å². The van der Waals surface area contributed by atoms with Gasteiger partial charge in [0.25, 0.3) is 0 Å². The minimum Gasteiger partial charge on any atom is -0.212 e. The molecule has 0 aliphatic heterocycles. The van der Waals surface area contributed by atoms with Gasteiger partial charge in [0.15, 0.2) is 0 Å². The van der Waals surface area contributed by atoms with Crippen LogP contribution < -0.4 is 4.72 Å². The minimum atomic E-state index is -3.34. The van der Waals surface area contributed by atoms with Crippen molar-refractivity contribution in [2.24, 2.45) is 0 Å². The maximum absolute atomic E-state index is 13.3. The Morgan fingerprint density at radius 2 is 1.82 bits per heavy atom. The van der Waals surface area contributed by atoms with E-state index in [1.165, 1.54) is 0 Å². The summed E-state index contributed by atoms with van der Waals surface area (Å²) in [5, 5.41) is 0. The first kappa shape index (κ1) is 14.4. The second kappa shape index (κ2) is 5.80. The first-order valence-corrected chi connectivity index (χ1v) is 7.33. The fraction of sp³-hybridized carbons (Fsp3) is 0.455. The van der Waals surface area contributed by atoms with E-state index in [0.29, 0.717) is 11.1 Å².